The average molecular weight is 299 g/mol. The fourth-order valence-corrected chi connectivity index (χ4v) is 2.31. The Morgan fingerprint density at radius 3 is 2.45 bits per heavy atom. The second kappa shape index (κ2) is 9.23. The quantitative estimate of drug-likeness (QED) is 0.698. The lowest BCUT2D eigenvalue weighted by Crippen LogP contribution is -2.26. The molecule has 0 amide bonds. The van der Waals surface area contributed by atoms with Crippen molar-refractivity contribution in [1.82, 2.24) is 5.32 Å². The molecule has 3 heteroatoms. The number of ether oxygens (including phenoxy) is 1. The minimum Gasteiger partial charge on any atom is -0.492 e. The molecule has 2 rings (SSSR count). The summed E-state index contributed by atoms with van der Waals surface area (Å²) in [5.74, 6) is 0.894. The number of aliphatic hydroxyl groups is 1. The van der Waals surface area contributed by atoms with Crippen molar-refractivity contribution in [1.29, 1.82) is 0 Å². The maximum absolute atomic E-state index is 10.0. The Kier molecular flexibility index (Phi) is 6.94. The van der Waals surface area contributed by atoms with Crippen LogP contribution in [0.15, 0.2) is 54.6 Å². The zero-order valence-electron chi connectivity index (χ0n) is 13.2. The first-order valence-corrected chi connectivity index (χ1v) is 7.95. The van der Waals surface area contributed by atoms with Gasteiger partial charge in [0.2, 0.25) is 0 Å². The van der Waals surface area contributed by atoms with Gasteiger partial charge < -0.3 is 15.2 Å². The summed E-state index contributed by atoms with van der Waals surface area (Å²) >= 11 is 0. The zero-order valence-corrected chi connectivity index (χ0v) is 13.2. The highest BCUT2D eigenvalue weighted by Crippen LogP contribution is 2.13. The van der Waals surface area contributed by atoms with E-state index in [9.17, 15) is 5.11 Å². The van der Waals surface area contributed by atoms with Crippen LogP contribution < -0.4 is 10.1 Å². The normalized spacial score (nSPS) is 12.1. The Hall–Kier alpha value is -1.84. The van der Waals surface area contributed by atoms with Crippen molar-refractivity contribution in [3.8, 4) is 5.75 Å². The zero-order chi connectivity index (χ0) is 15.6. The van der Waals surface area contributed by atoms with E-state index < -0.39 is 6.10 Å². The van der Waals surface area contributed by atoms with E-state index >= 15 is 0 Å². The number of aryl methyl sites for hydroxylation is 1. The second-order valence-electron chi connectivity index (χ2n) is 5.37. The summed E-state index contributed by atoms with van der Waals surface area (Å²) in [6.45, 7) is 4.01. The minimum atomic E-state index is -0.477. The minimum absolute atomic E-state index is 0.477. The Morgan fingerprint density at radius 1 is 1.05 bits per heavy atom. The van der Waals surface area contributed by atoms with Gasteiger partial charge in [0.25, 0.3) is 0 Å². The fraction of sp³-hybridized carbons (Fsp3) is 0.368. The monoisotopic (exact) mass is 299 g/mol. The van der Waals surface area contributed by atoms with Crippen molar-refractivity contribution in [3.05, 3.63) is 65.7 Å². The molecule has 0 aromatic heterocycles. The van der Waals surface area contributed by atoms with Crippen molar-refractivity contribution < 1.29 is 9.84 Å². The van der Waals surface area contributed by atoms with Crippen molar-refractivity contribution in [3.63, 3.8) is 0 Å². The molecular formula is C19H25NO2. The molecule has 118 valence electrons. The molecule has 1 atom stereocenters. The van der Waals surface area contributed by atoms with E-state index in [4.69, 9.17) is 4.74 Å². The Bertz CT molecular complexity index is 525. The lowest BCUT2D eigenvalue weighted by molar-refractivity contribution is 0.172. The third-order valence-corrected chi connectivity index (χ3v) is 3.53. The van der Waals surface area contributed by atoms with E-state index in [0.29, 0.717) is 19.7 Å². The molecule has 0 saturated heterocycles. The van der Waals surface area contributed by atoms with Crippen LogP contribution in [0.1, 0.15) is 30.6 Å². The van der Waals surface area contributed by atoms with E-state index in [2.05, 4.69) is 24.4 Å². The molecular weight excluding hydrogens is 274 g/mol. The molecule has 2 N–H and O–H groups in total. The van der Waals surface area contributed by atoms with Crippen molar-refractivity contribution in [2.45, 2.75) is 25.9 Å². The summed E-state index contributed by atoms with van der Waals surface area (Å²) < 4.78 is 5.68. The molecule has 2 aromatic rings. The van der Waals surface area contributed by atoms with Gasteiger partial charge in [0.15, 0.2) is 0 Å². The molecule has 1 unspecified atom stereocenters. The summed E-state index contributed by atoms with van der Waals surface area (Å²) in [7, 11) is 0. The Labute approximate surface area is 133 Å². The van der Waals surface area contributed by atoms with Crippen LogP contribution in [0.25, 0.3) is 0 Å². The van der Waals surface area contributed by atoms with Gasteiger partial charge in [0.05, 0.1) is 6.10 Å². The highest BCUT2D eigenvalue weighted by atomic mass is 16.5. The fourth-order valence-electron chi connectivity index (χ4n) is 2.31. The summed E-state index contributed by atoms with van der Waals surface area (Å²) in [5.41, 5.74) is 2.28. The molecule has 0 aliphatic rings. The number of aliphatic hydroxyl groups excluding tert-OH is 1. The number of benzene rings is 2. The van der Waals surface area contributed by atoms with Crippen LogP contribution in [0.2, 0.25) is 0 Å². The molecule has 3 nitrogen and oxygen atoms in total. The third-order valence-electron chi connectivity index (χ3n) is 3.53. The van der Waals surface area contributed by atoms with E-state index in [1.54, 1.807) is 0 Å². The summed E-state index contributed by atoms with van der Waals surface area (Å²) in [4.78, 5) is 0. The topological polar surface area (TPSA) is 41.5 Å². The van der Waals surface area contributed by atoms with E-state index in [0.717, 1.165) is 24.2 Å². The van der Waals surface area contributed by atoms with Gasteiger partial charge in [-0.25, -0.2) is 0 Å². The number of hydrogen-bond acceptors (Lipinski definition) is 3. The molecule has 0 saturated carbocycles. The van der Waals surface area contributed by atoms with Gasteiger partial charge in [-0.15, -0.1) is 0 Å². The summed E-state index contributed by atoms with van der Waals surface area (Å²) in [6.07, 6.45) is 1.79. The predicted octanol–water partition coefficient (Wildman–Crippen LogP) is 3.34. The third kappa shape index (κ3) is 5.51. The maximum Gasteiger partial charge on any atom is 0.119 e. The van der Waals surface area contributed by atoms with E-state index in [1.807, 2.05) is 42.5 Å². The highest BCUT2D eigenvalue weighted by Gasteiger charge is 2.05. The molecule has 0 fully saturated rings. The average Bonchev–Trinajstić information content (AvgIpc) is 2.57. The van der Waals surface area contributed by atoms with Gasteiger partial charge in [-0.05, 0) is 29.7 Å². The Balaban J connectivity index is 1.63. The second-order valence-corrected chi connectivity index (χ2v) is 5.37. The van der Waals surface area contributed by atoms with Crippen molar-refractivity contribution in [2.24, 2.45) is 0 Å². The number of rotatable bonds is 9. The van der Waals surface area contributed by atoms with Gasteiger partial charge in [0.1, 0.15) is 12.4 Å². The Morgan fingerprint density at radius 2 is 1.77 bits per heavy atom. The first kappa shape index (κ1) is 16.5. The van der Waals surface area contributed by atoms with Crippen molar-refractivity contribution >= 4 is 0 Å². The van der Waals surface area contributed by atoms with Crippen LogP contribution in [0.5, 0.6) is 5.75 Å². The van der Waals surface area contributed by atoms with Gasteiger partial charge in [-0.3, -0.25) is 0 Å². The molecule has 2 aromatic carbocycles. The summed E-state index contributed by atoms with van der Waals surface area (Å²) in [6, 6.07) is 17.9. The van der Waals surface area contributed by atoms with Gasteiger partial charge in [-0.1, -0.05) is 55.8 Å². The van der Waals surface area contributed by atoms with Crippen LogP contribution in [0, 0.1) is 0 Å². The standard InChI is InChI=1S/C19H25NO2/c1-2-6-16-9-11-18(12-10-16)22-14-13-20-15-19(21)17-7-4-3-5-8-17/h3-5,7-12,19-21H,2,6,13-15H2,1H3. The lowest BCUT2D eigenvalue weighted by Gasteiger charge is -2.12. The highest BCUT2D eigenvalue weighted by molar-refractivity contribution is 5.27. The maximum atomic E-state index is 10.0. The molecule has 0 bridgehead atoms. The van der Waals surface area contributed by atoms with Crippen LogP contribution in [0.3, 0.4) is 0 Å². The smallest absolute Gasteiger partial charge is 0.119 e. The van der Waals surface area contributed by atoms with Crippen LogP contribution in [-0.4, -0.2) is 24.8 Å². The molecule has 0 heterocycles. The molecule has 0 aliphatic heterocycles. The summed E-state index contributed by atoms with van der Waals surface area (Å²) in [5, 5.41) is 13.2. The SMILES string of the molecule is CCCc1ccc(OCCNCC(O)c2ccccc2)cc1. The van der Waals surface area contributed by atoms with Crippen LogP contribution >= 0.6 is 0 Å². The molecule has 0 spiro atoms. The van der Waals surface area contributed by atoms with E-state index in [1.165, 1.54) is 5.56 Å². The molecule has 22 heavy (non-hydrogen) atoms. The van der Waals surface area contributed by atoms with Gasteiger partial charge >= 0.3 is 0 Å². The van der Waals surface area contributed by atoms with E-state index in [-0.39, 0.29) is 0 Å². The lowest BCUT2D eigenvalue weighted by atomic mass is 10.1. The molecule has 0 aliphatic carbocycles. The largest absolute Gasteiger partial charge is 0.492 e. The van der Waals surface area contributed by atoms with Crippen molar-refractivity contribution in [2.75, 3.05) is 19.7 Å². The first-order valence-electron chi connectivity index (χ1n) is 7.95. The van der Waals surface area contributed by atoms with Gasteiger partial charge in [-0.2, -0.15) is 0 Å². The van der Waals surface area contributed by atoms with Crippen LogP contribution in [0.4, 0.5) is 0 Å². The van der Waals surface area contributed by atoms with Gasteiger partial charge in [0, 0.05) is 13.1 Å². The number of hydrogen-bond donors (Lipinski definition) is 2. The number of nitrogens with one attached hydrogen (secondary N) is 1. The van der Waals surface area contributed by atoms with Crippen LogP contribution in [-0.2, 0) is 6.42 Å². The molecule has 0 radical (unpaired) electrons. The predicted molar refractivity (Wildman–Crippen MR) is 90.2 cm³/mol. The first-order chi connectivity index (χ1) is 10.8.